The van der Waals surface area contributed by atoms with E-state index in [4.69, 9.17) is 18.0 Å². The molecule has 3 N–H and O–H groups in total. The third-order valence-electron chi connectivity index (χ3n) is 2.54. The lowest BCUT2D eigenvalue weighted by atomic mass is 10.1. The molecule has 0 spiro atoms. The van der Waals surface area contributed by atoms with Crippen LogP contribution in [0.4, 0.5) is 0 Å². The Morgan fingerprint density at radius 3 is 2.61 bits per heavy atom. The summed E-state index contributed by atoms with van der Waals surface area (Å²) < 4.78 is 27.2. The first-order valence-electron chi connectivity index (χ1n) is 5.82. The van der Waals surface area contributed by atoms with Crippen molar-refractivity contribution in [2.75, 3.05) is 0 Å². The van der Waals surface area contributed by atoms with Gasteiger partial charge in [0, 0.05) is 6.04 Å². The van der Waals surface area contributed by atoms with Crippen molar-refractivity contribution in [2.45, 2.75) is 43.4 Å². The average molecular weight is 306 g/mol. The Morgan fingerprint density at radius 1 is 1.50 bits per heavy atom. The lowest BCUT2D eigenvalue weighted by Gasteiger charge is -2.15. The standard InChI is InChI=1S/C11H18N2O2S3/c1-3-5-8(4-2)13-18(14,15)10-7-6-9(17-10)11(12)16/h6-8,13H,3-5H2,1-2H3,(H2,12,16). The zero-order chi connectivity index (χ0) is 13.8. The van der Waals surface area contributed by atoms with Gasteiger partial charge in [-0.05, 0) is 25.0 Å². The molecular formula is C11H18N2O2S3. The van der Waals surface area contributed by atoms with Gasteiger partial charge in [0.05, 0.1) is 4.88 Å². The van der Waals surface area contributed by atoms with E-state index in [9.17, 15) is 8.42 Å². The van der Waals surface area contributed by atoms with Crippen molar-refractivity contribution in [1.82, 2.24) is 4.72 Å². The molecule has 7 heteroatoms. The third-order valence-corrected chi connectivity index (χ3v) is 6.02. The van der Waals surface area contributed by atoms with Gasteiger partial charge in [-0.1, -0.05) is 32.5 Å². The van der Waals surface area contributed by atoms with E-state index >= 15 is 0 Å². The fourth-order valence-electron chi connectivity index (χ4n) is 1.57. The van der Waals surface area contributed by atoms with Crippen LogP contribution in [0.3, 0.4) is 0 Å². The predicted molar refractivity (Wildman–Crippen MR) is 79.5 cm³/mol. The molecule has 0 aliphatic heterocycles. The van der Waals surface area contributed by atoms with Gasteiger partial charge in [0.1, 0.15) is 9.20 Å². The summed E-state index contributed by atoms with van der Waals surface area (Å²) in [7, 11) is -3.45. The summed E-state index contributed by atoms with van der Waals surface area (Å²) in [5, 5.41) is 0. The average Bonchev–Trinajstić information content (AvgIpc) is 2.78. The lowest BCUT2D eigenvalue weighted by Crippen LogP contribution is -2.33. The van der Waals surface area contributed by atoms with Crippen LogP contribution in [0.25, 0.3) is 0 Å². The van der Waals surface area contributed by atoms with Crippen LogP contribution in [0.2, 0.25) is 0 Å². The van der Waals surface area contributed by atoms with E-state index in [0.717, 1.165) is 30.6 Å². The van der Waals surface area contributed by atoms with Crippen molar-refractivity contribution >= 4 is 38.6 Å². The maximum atomic E-state index is 12.1. The molecule has 4 nitrogen and oxygen atoms in total. The quantitative estimate of drug-likeness (QED) is 0.758. The van der Waals surface area contributed by atoms with Gasteiger partial charge in [0.15, 0.2) is 0 Å². The molecule has 0 aliphatic carbocycles. The molecule has 0 saturated heterocycles. The van der Waals surface area contributed by atoms with Crippen LogP contribution in [0, 0.1) is 0 Å². The zero-order valence-corrected chi connectivity index (χ0v) is 12.9. The second-order valence-electron chi connectivity index (χ2n) is 4.00. The van der Waals surface area contributed by atoms with Crippen molar-refractivity contribution < 1.29 is 8.42 Å². The van der Waals surface area contributed by atoms with Crippen molar-refractivity contribution in [2.24, 2.45) is 5.73 Å². The summed E-state index contributed by atoms with van der Waals surface area (Å²) in [5.74, 6) is 0. The van der Waals surface area contributed by atoms with Crippen LogP contribution in [-0.2, 0) is 10.0 Å². The number of sulfonamides is 1. The van der Waals surface area contributed by atoms with Gasteiger partial charge in [0.2, 0.25) is 10.0 Å². The van der Waals surface area contributed by atoms with Gasteiger partial charge < -0.3 is 5.73 Å². The summed E-state index contributed by atoms with van der Waals surface area (Å²) in [6.45, 7) is 4.00. The minimum atomic E-state index is -3.45. The number of nitrogens with two attached hydrogens (primary N) is 1. The Balaban J connectivity index is 2.88. The first-order chi connectivity index (χ1) is 8.40. The molecule has 1 heterocycles. The number of hydrogen-bond acceptors (Lipinski definition) is 4. The fourth-order valence-corrected chi connectivity index (χ4v) is 4.29. The van der Waals surface area contributed by atoms with Crippen LogP contribution in [0.5, 0.6) is 0 Å². The highest BCUT2D eigenvalue weighted by atomic mass is 32.2. The maximum Gasteiger partial charge on any atom is 0.250 e. The molecule has 0 saturated carbocycles. The molecular weight excluding hydrogens is 288 g/mol. The minimum Gasteiger partial charge on any atom is -0.389 e. The van der Waals surface area contributed by atoms with Crippen molar-refractivity contribution in [1.29, 1.82) is 0 Å². The van der Waals surface area contributed by atoms with E-state index in [0.29, 0.717) is 4.88 Å². The monoisotopic (exact) mass is 306 g/mol. The fraction of sp³-hybridized carbons (Fsp3) is 0.545. The van der Waals surface area contributed by atoms with E-state index < -0.39 is 10.0 Å². The first kappa shape index (κ1) is 15.6. The number of rotatable bonds is 7. The number of thiophene rings is 1. The molecule has 1 atom stereocenters. The summed E-state index contributed by atoms with van der Waals surface area (Å²) in [4.78, 5) is 0.843. The molecule has 18 heavy (non-hydrogen) atoms. The van der Waals surface area contributed by atoms with Gasteiger partial charge in [-0.3, -0.25) is 0 Å². The van der Waals surface area contributed by atoms with Crippen LogP contribution >= 0.6 is 23.6 Å². The summed E-state index contributed by atoms with van der Waals surface area (Å²) in [5.41, 5.74) is 5.47. The number of hydrogen-bond donors (Lipinski definition) is 2. The van der Waals surface area contributed by atoms with Gasteiger partial charge in [-0.15, -0.1) is 11.3 Å². The molecule has 0 bridgehead atoms. The Bertz CT molecular complexity index is 508. The highest BCUT2D eigenvalue weighted by molar-refractivity contribution is 7.91. The second-order valence-corrected chi connectivity index (χ2v) is 7.46. The lowest BCUT2D eigenvalue weighted by molar-refractivity contribution is 0.513. The van der Waals surface area contributed by atoms with Crippen molar-refractivity contribution in [3.63, 3.8) is 0 Å². The Morgan fingerprint density at radius 2 is 2.17 bits per heavy atom. The summed E-state index contributed by atoms with van der Waals surface area (Å²) >= 11 is 5.93. The third kappa shape index (κ3) is 4.01. The molecule has 1 aromatic heterocycles. The molecule has 1 rings (SSSR count). The van der Waals surface area contributed by atoms with Crippen LogP contribution in [0.1, 0.15) is 38.0 Å². The van der Waals surface area contributed by atoms with Crippen LogP contribution in [-0.4, -0.2) is 19.4 Å². The molecule has 0 fully saturated rings. The number of thiocarbonyl (C=S) groups is 1. The van der Waals surface area contributed by atoms with Gasteiger partial charge in [0.25, 0.3) is 0 Å². The molecule has 1 aromatic rings. The smallest absolute Gasteiger partial charge is 0.250 e. The predicted octanol–water partition coefficient (Wildman–Crippen LogP) is 2.24. The topological polar surface area (TPSA) is 72.2 Å². The Labute approximate surface area is 118 Å². The van der Waals surface area contributed by atoms with E-state index in [1.165, 1.54) is 0 Å². The van der Waals surface area contributed by atoms with Gasteiger partial charge in [-0.2, -0.15) is 0 Å². The molecule has 0 radical (unpaired) electrons. The SMILES string of the molecule is CCCC(CC)NS(=O)(=O)c1ccc(C(N)=S)s1. The second kappa shape index (κ2) is 6.60. The molecule has 0 amide bonds. The normalized spacial score (nSPS) is 13.4. The maximum absolute atomic E-state index is 12.1. The molecule has 0 aliphatic rings. The molecule has 0 aromatic carbocycles. The largest absolute Gasteiger partial charge is 0.389 e. The first-order valence-corrected chi connectivity index (χ1v) is 8.53. The van der Waals surface area contributed by atoms with E-state index in [1.54, 1.807) is 12.1 Å². The summed E-state index contributed by atoms with van der Waals surface area (Å²) in [6.07, 6.45) is 2.56. The summed E-state index contributed by atoms with van der Waals surface area (Å²) in [6, 6.07) is 3.16. The Kier molecular flexibility index (Phi) is 5.71. The zero-order valence-electron chi connectivity index (χ0n) is 10.5. The van der Waals surface area contributed by atoms with Crippen LogP contribution < -0.4 is 10.5 Å². The van der Waals surface area contributed by atoms with Crippen LogP contribution in [0.15, 0.2) is 16.3 Å². The molecule has 102 valence electrons. The van der Waals surface area contributed by atoms with Crippen molar-refractivity contribution in [3.05, 3.63) is 17.0 Å². The van der Waals surface area contributed by atoms with Crippen molar-refractivity contribution in [3.8, 4) is 0 Å². The Hall–Kier alpha value is -0.500. The van der Waals surface area contributed by atoms with Gasteiger partial charge in [-0.25, -0.2) is 13.1 Å². The van der Waals surface area contributed by atoms with Gasteiger partial charge >= 0.3 is 0 Å². The van der Waals surface area contributed by atoms with E-state index in [2.05, 4.69) is 4.72 Å². The van der Waals surface area contributed by atoms with E-state index in [1.807, 2.05) is 13.8 Å². The highest BCUT2D eigenvalue weighted by Crippen LogP contribution is 2.22. The highest BCUT2D eigenvalue weighted by Gasteiger charge is 2.20. The van der Waals surface area contributed by atoms with E-state index in [-0.39, 0.29) is 15.2 Å². The minimum absolute atomic E-state index is 0.0182. The number of nitrogens with one attached hydrogen (secondary N) is 1. The molecule has 1 unspecified atom stereocenters.